The minimum atomic E-state index is -0.167. The van der Waals surface area contributed by atoms with E-state index in [0.29, 0.717) is 0 Å². The van der Waals surface area contributed by atoms with Gasteiger partial charge in [-0.25, -0.2) is 0 Å². The molecule has 0 spiro atoms. The van der Waals surface area contributed by atoms with E-state index in [1.54, 1.807) is 0 Å². The standard InChI is InChI=1S/C10H14N4S/c1-6-4-3-5-7(2)8(6)14(9(11)12)10(13)15/h3-5H,1-2H3,(H3,11,12)(H2,13,15). The number of para-hydroxylation sites is 1. The maximum Gasteiger partial charge on any atom is 0.199 e. The highest BCUT2D eigenvalue weighted by Crippen LogP contribution is 2.23. The Morgan fingerprint density at radius 2 is 1.73 bits per heavy atom. The summed E-state index contributed by atoms with van der Waals surface area (Å²) in [5, 5.41) is 7.53. The van der Waals surface area contributed by atoms with Crippen LogP contribution in [0.2, 0.25) is 0 Å². The predicted molar refractivity (Wildman–Crippen MR) is 67.1 cm³/mol. The summed E-state index contributed by atoms with van der Waals surface area (Å²) in [7, 11) is 0. The maximum absolute atomic E-state index is 7.45. The number of nitrogens with one attached hydrogen (secondary N) is 1. The van der Waals surface area contributed by atoms with Crippen LogP contribution >= 0.6 is 12.2 Å². The van der Waals surface area contributed by atoms with E-state index >= 15 is 0 Å². The van der Waals surface area contributed by atoms with E-state index in [1.807, 2.05) is 32.0 Å². The Morgan fingerprint density at radius 3 is 2.07 bits per heavy atom. The fraction of sp³-hybridized carbons (Fsp3) is 0.200. The highest BCUT2D eigenvalue weighted by molar-refractivity contribution is 7.80. The Hall–Kier alpha value is -1.62. The van der Waals surface area contributed by atoms with Crippen molar-refractivity contribution in [1.82, 2.24) is 0 Å². The first-order valence-electron chi connectivity index (χ1n) is 4.45. The van der Waals surface area contributed by atoms with E-state index in [-0.39, 0.29) is 11.1 Å². The molecular formula is C10H14N4S. The van der Waals surface area contributed by atoms with Gasteiger partial charge in [0.05, 0.1) is 5.69 Å². The molecule has 0 aliphatic carbocycles. The summed E-state index contributed by atoms with van der Waals surface area (Å²) in [6.45, 7) is 3.85. The largest absolute Gasteiger partial charge is 0.376 e. The molecule has 15 heavy (non-hydrogen) atoms. The zero-order valence-corrected chi connectivity index (χ0v) is 9.56. The number of guanidine groups is 1. The van der Waals surface area contributed by atoms with Gasteiger partial charge in [0, 0.05) is 0 Å². The van der Waals surface area contributed by atoms with Gasteiger partial charge >= 0.3 is 0 Å². The highest BCUT2D eigenvalue weighted by Gasteiger charge is 2.16. The summed E-state index contributed by atoms with van der Waals surface area (Å²) in [6, 6.07) is 5.79. The molecule has 0 radical (unpaired) electrons. The number of nitrogens with two attached hydrogens (primary N) is 2. The van der Waals surface area contributed by atoms with Gasteiger partial charge in [-0.15, -0.1) is 0 Å². The average Bonchev–Trinajstić information content (AvgIpc) is 2.09. The minimum Gasteiger partial charge on any atom is -0.376 e. The van der Waals surface area contributed by atoms with E-state index in [2.05, 4.69) is 0 Å². The van der Waals surface area contributed by atoms with Crippen LogP contribution in [0.5, 0.6) is 0 Å². The van der Waals surface area contributed by atoms with Gasteiger partial charge in [0.2, 0.25) is 0 Å². The third-order valence-corrected chi connectivity index (χ3v) is 2.31. The van der Waals surface area contributed by atoms with Crippen LogP contribution in [0.25, 0.3) is 0 Å². The second kappa shape index (κ2) is 4.27. The number of aryl methyl sites for hydroxylation is 2. The van der Waals surface area contributed by atoms with Gasteiger partial charge in [0.15, 0.2) is 11.1 Å². The number of nitrogens with zero attached hydrogens (tertiary/aromatic N) is 1. The predicted octanol–water partition coefficient (Wildman–Crippen LogP) is 1.25. The zero-order chi connectivity index (χ0) is 11.6. The van der Waals surface area contributed by atoms with Crippen molar-refractivity contribution in [3.05, 3.63) is 29.3 Å². The molecule has 1 aromatic carbocycles. The SMILES string of the molecule is Cc1cccc(C)c1N(C(=N)N)C(N)=S. The van der Waals surface area contributed by atoms with E-state index < -0.39 is 0 Å². The summed E-state index contributed by atoms with van der Waals surface area (Å²) in [5.41, 5.74) is 13.8. The lowest BCUT2D eigenvalue weighted by Crippen LogP contribution is -2.45. The van der Waals surface area contributed by atoms with Crippen molar-refractivity contribution in [2.75, 3.05) is 4.90 Å². The van der Waals surface area contributed by atoms with Crippen molar-refractivity contribution >= 4 is 29.0 Å². The van der Waals surface area contributed by atoms with Gasteiger partial charge in [0.25, 0.3) is 0 Å². The fourth-order valence-corrected chi connectivity index (χ4v) is 1.70. The third kappa shape index (κ3) is 2.24. The van der Waals surface area contributed by atoms with Crippen molar-refractivity contribution < 1.29 is 0 Å². The molecule has 0 bridgehead atoms. The van der Waals surface area contributed by atoms with Crippen LogP contribution in [-0.4, -0.2) is 11.1 Å². The molecule has 0 aromatic heterocycles. The minimum absolute atomic E-state index is 0.0832. The molecule has 0 saturated carbocycles. The Labute approximate surface area is 94.4 Å². The summed E-state index contributed by atoms with van der Waals surface area (Å²) < 4.78 is 0. The number of anilines is 1. The average molecular weight is 222 g/mol. The van der Waals surface area contributed by atoms with Gasteiger partial charge in [-0.1, -0.05) is 18.2 Å². The highest BCUT2D eigenvalue weighted by atomic mass is 32.1. The lowest BCUT2D eigenvalue weighted by atomic mass is 10.1. The molecule has 80 valence electrons. The van der Waals surface area contributed by atoms with Gasteiger partial charge < -0.3 is 11.5 Å². The van der Waals surface area contributed by atoms with Crippen LogP contribution < -0.4 is 16.4 Å². The van der Waals surface area contributed by atoms with Crippen LogP contribution in [0.15, 0.2) is 18.2 Å². The van der Waals surface area contributed by atoms with Gasteiger partial charge in [-0.2, -0.15) is 0 Å². The first kappa shape index (κ1) is 11.5. The number of rotatable bonds is 1. The van der Waals surface area contributed by atoms with Gasteiger partial charge in [-0.3, -0.25) is 10.3 Å². The second-order valence-electron chi connectivity index (χ2n) is 3.30. The number of thiocarbonyl (C=S) groups is 1. The quantitative estimate of drug-likeness (QED) is 0.379. The molecule has 0 saturated heterocycles. The normalized spacial score (nSPS) is 9.73. The maximum atomic E-state index is 7.45. The van der Waals surface area contributed by atoms with Crippen molar-refractivity contribution in [3.8, 4) is 0 Å². The Morgan fingerprint density at radius 1 is 1.27 bits per heavy atom. The molecule has 0 unspecified atom stereocenters. The van der Waals surface area contributed by atoms with E-state index in [1.165, 1.54) is 4.90 Å². The smallest absolute Gasteiger partial charge is 0.199 e. The van der Waals surface area contributed by atoms with Gasteiger partial charge in [-0.05, 0) is 37.2 Å². The monoisotopic (exact) mass is 222 g/mol. The topological polar surface area (TPSA) is 79.1 Å². The summed E-state index contributed by atoms with van der Waals surface area (Å²) >= 11 is 4.88. The third-order valence-electron chi connectivity index (χ3n) is 2.12. The van der Waals surface area contributed by atoms with Crippen LogP contribution in [-0.2, 0) is 0 Å². The molecule has 0 heterocycles. The van der Waals surface area contributed by atoms with Crippen molar-refractivity contribution in [2.24, 2.45) is 11.5 Å². The Bertz CT molecular complexity index is 380. The van der Waals surface area contributed by atoms with Crippen molar-refractivity contribution in [3.63, 3.8) is 0 Å². The molecule has 0 fully saturated rings. The summed E-state index contributed by atoms with van der Waals surface area (Å²) in [4.78, 5) is 1.36. The number of hydrogen-bond acceptors (Lipinski definition) is 2. The fourth-order valence-electron chi connectivity index (χ4n) is 1.51. The van der Waals surface area contributed by atoms with Gasteiger partial charge in [0.1, 0.15) is 0 Å². The van der Waals surface area contributed by atoms with Crippen molar-refractivity contribution in [1.29, 1.82) is 5.41 Å². The number of hydrogen-bond donors (Lipinski definition) is 3. The molecule has 0 aliphatic rings. The molecule has 5 heteroatoms. The zero-order valence-electron chi connectivity index (χ0n) is 8.74. The summed E-state index contributed by atoms with van der Waals surface area (Å²) in [5.74, 6) is -0.167. The molecule has 5 N–H and O–H groups in total. The summed E-state index contributed by atoms with van der Waals surface area (Å²) in [6.07, 6.45) is 0. The molecule has 1 rings (SSSR count). The Kier molecular flexibility index (Phi) is 3.26. The lowest BCUT2D eigenvalue weighted by Gasteiger charge is -2.24. The molecule has 0 amide bonds. The van der Waals surface area contributed by atoms with E-state index in [9.17, 15) is 0 Å². The van der Waals surface area contributed by atoms with Crippen LogP contribution in [0.1, 0.15) is 11.1 Å². The van der Waals surface area contributed by atoms with E-state index in [4.69, 9.17) is 29.1 Å². The molecule has 0 aliphatic heterocycles. The second-order valence-corrected chi connectivity index (χ2v) is 3.72. The van der Waals surface area contributed by atoms with Crippen LogP contribution in [0, 0.1) is 19.3 Å². The lowest BCUT2D eigenvalue weighted by molar-refractivity contribution is 1.24. The first-order valence-corrected chi connectivity index (χ1v) is 4.85. The van der Waals surface area contributed by atoms with Crippen LogP contribution in [0.4, 0.5) is 5.69 Å². The number of benzene rings is 1. The molecular weight excluding hydrogens is 208 g/mol. The van der Waals surface area contributed by atoms with Crippen LogP contribution in [0.3, 0.4) is 0 Å². The van der Waals surface area contributed by atoms with Crippen molar-refractivity contribution in [2.45, 2.75) is 13.8 Å². The molecule has 4 nitrogen and oxygen atoms in total. The first-order chi connectivity index (χ1) is 6.95. The molecule has 1 aromatic rings. The van der Waals surface area contributed by atoms with E-state index in [0.717, 1.165) is 16.8 Å². The Balaban J connectivity index is 3.35. The molecule has 0 atom stereocenters.